The third-order valence-electron chi connectivity index (χ3n) is 7.51. The Morgan fingerprint density at radius 1 is 1.12 bits per heavy atom. The predicted octanol–water partition coefficient (Wildman–Crippen LogP) is 1.47. The lowest BCUT2D eigenvalue weighted by Crippen LogP contribution is -2.56. The zero-order chi connectivity index (χ0) is 24.3. The molecule has 34 heavy (non-hydrogen) atoms. The van der Waals surface area contributed by atoms with Gasteiger partial charge in [0.1, 0.15) is 23.7 Å². The Labute approximate surface area is 199 Å². The molecule has 4 rings (SSSR count). The van der Waals surface area contributed by atoms with Crippen LogP contribution in [0.15, 0.2) is 12.2 Å². The van der Waals surface area contributed by atoms with Crippen LogP contribution < -0.4 is 10.6 Å². The van der Waals surface area contributed by atoms with Gasteiger partial charge in [0.25, 0.3) is 0 Å². The van der Waals surface area contributed by atoms with E-state index in [-0.39, 0.29) is 25.0 Å². The van der Waals surface area contributed by atoms with Crippen LogP contribution >= 0.6 is 0 Å². The van der Waals surface area contributed by atoms with Crippen molar-refractivity contribution in [3.63, 3.8) is 0 Å². The van der Waals surface area contributed by atoms with Gasteiger partial charge in [-0.3, -0.25) is 9.59 Å². The number of carboxylic acid groups (broad SMARTS) is 1. The van der Waals surface area contributed by atoms with Crippen molar-refractivity contribution in [2.75, 3.05) is 6.54 Å². The third kappa shape index (κ3) is 5.37. The number of alkyl carbamates (subject to hydrolysis) is 1. The van der Waals surface area contributed by atoms with Crippen LogP contribution in [0.2, 0.25) is 0 Å². The number of hydrogen-bond acceptors (Lipinski definition) is 6. The van der Waals surface area contributed by atoms with Crippen molar-refractivity contribution < 1.29 is 34.1 Å². The molecule has 0 spiro atoms. The molecule has 2 aliphatic carbocycles. The van der Waals surface area contributed by atoms with E-state index in [1.807, 2.05) is 12.2 Å². The van der Waals surface area contributed by atoms with Crippen molar-refractivity contribution in [2.24, 2.45) is 5.92 Å². The normalized spacial score (nSPS) is 35.9. The molecule has 1 saturated heterocycles. The van der Waals surface area contributed by atoms with Crippen molar-refractivity contribution >= 4 is 23.9 Å². The molecule has 0 radical (unpaired) electrons. The quantitative estimate of drug-likeness (QED) is 0.450. The average Bonchev–Trinajstić information content (AvgIpc) is 3.10. The van der Waals surface area contributed by atoms with E-state index in [1.54, 1.807) is 0 Å². The minimum atomic E-state index is -1.38. The fourth-order valence-electron chi connectivity index (χ4n) is 5.41. The number of carbonyl (C=O) groups excluding carboxylic acids is 3. The van der Waals surface area contributed by atoms with Crippen LogP contribution in [0.3, 0.4) is 0 Å². The molecule has 0 unspecified atom stereocenters. The molecule has 4 N–H and O–H groups in total. The number of aliphatic carboxylic acids is 1. The number of nitrogens with zero attached hydrogens (tertiary/aromatic N) is 1. The number of aliphatic hydroxyl groups is 1. The maximum Gasteiger partial charge on any atom is 0.408 e. The summed E-state index contributed by atoms with van der Waals surface area (Å²) in [6.45, 7) is -0.0455. The first-order valence-corrected chi connectivity index (χ1v) is 12.5. The second-order valence-electron chi connectivity index (χ2n) is 10.0. The van der Waals surface area contributed by atoms with Gasteiger partial charge in [0.05, 0.1) is 6.10 Å². The summed E-state index contributed by atoms with van der Waals surface area (Å²) >= 11 is 0. The van der Waals surface area contributed by atoms with Gasteiger partial charge in [-0.05, 0) is 51.4 Å². The lowest BCUT2D eigenvalue weighted by molar-refractivity contribution is -0.145. The summed E-state index contributed by atoms with van der Waals surface area (Å²) in [5.41, 5.74) is -1.38. The van der Waals surface area contributed by atoms with Gasteiger partial charge in [-0.25, -0.2) is 9.59 Å². The van der Waals surface area contributed by atoms with E-state index in [0.29, 0.717) is 19.3 Å². The van der Waals surface area contributed by atoms with E-state index in [1.165, 1.54) is 4.90 Å². The van der Waals surface area contributed by atoms with Gasteiger partial charge in [0, 0.05) is 18.9 Å². The van der Waals surface area contributed by atoms with Gasteiger partial charge in [-0.15, -0.1) is 0 Å². The average molecular weight is 478 g/mol. The highest BCUT2D eigenvalue weighted by Crippen LogP contribution is 2.45. The van der Waals surface area contributed by atoms with Crippen molar-refractivity contribution in [1.82, 2.24) is 15.5 Å². The van der Waals surface area contributed by atoms with E-state index >= 15 is 0 Å². The standard InChI is InChI=1S/C24H35N3O7/c28-16-12-19-20(29)26-24(22(31)32)13-15(24)8-4-2-1-3-5-11-18(21(30)27(19)14-16)25-23(33)34-17-9-6-7-10-17/h4,8,15-19,28H,1-3,5-7,9-14H2,(H,25,33)(H,26,29)(H,31,32)/b8-4-/t15-,16+,18-,19-,24+/m0/s1. The van der Waals surface area contributed by atoms with Gasteiger partial charge in [0.15, 0.2) is 0 Å². The number of amides is 3. The maximum absolute atomic E-state index is 13.5. The summed E-state index contributed by atoms with van der Waals surface area (Å²) in [5, 5.41) is 25.4. The van der Waals surface area contributed by atoms with E-state index in [2.05, 4.69) is 10.6 Å². The largest absolute Gasteiger partial charge is 0.479 e. The Balaban J connectivity index is 1.51. The minimum Gasteiger partial charge on any atom is -0.479 e. The van der Waals surface area contributed by atoms with Crippen molar-refractivity contribution in [3.8, 4) is 0 Å². The predicted molar refractivity (Wildman–Crippen MR) is 121 cm³/mol. The summed E-state index contributed by atoms with van der Waals surface area (Å²) in [6, 6.07) is -1.87. The van der Waals surface area contributed by atoms with Crippen LogP contribution in [-0.2, 0) is 19.1 Å². The Kier molecular flexibility index (Phi) is 7.45. The Morgan fingerprint density at radius 2 is 1.85 bits per heavy atom. The van der Waals surface area contributed by atoms with Gasteiger partial charge in [0.2, 0.25) is 11.8 Å². The zero-order valence-corrected chi connectivity index (χ0v) is 19.4. The first-order chi connectivity index (χ1) is 16.3. The van der Waals surface area contributed by atoms with Crippen molar-refractivity contribution in [1.29, 1.82) is 0 Å². The van der Waals surface area contributed by atoms with Crippen LogP contribution in [-0.4, -0.2) is 75.4 Å². The molecule has 10 heteroatoms. The van der Waals surface area contributed by atoms with E-state index < -0.39 is 47.6 Å². The molecular weight excluding hydrogens is 442 g/mol. The summed E-state index contributed by atoms with van der Waals surface area (Å²) in [5.74, 6) is -2.45. The number of carbonyl (C=O) groups is 4. The number of carboxylic acids is 1. The highest BCUT2D eigenvalue weighted by Gasteiger charge is 2.61. The fraction of sp³-hybridized carbons (Fsp3) is 0.750. The minimum absolute atomic E-state index is 0.0209. The van der Waals surface area contributed by atoms with E-state index in [4.69, 9.17) is 4.74 Å². The molecule has 10 nitrogen and oxygen atoms in total. The maximum atomic E-state index is 13.5. The summed E-state index contributed by atoms with van der Waals surface area (Å²) in [6.07, 6.45) is 9.65. The first-order valence-electron chi connectivity index (χ1n) is 12.5. The van der Waals surface area contributed by atoms with Crippen LogP contribution in [0.1, 0.15) is 70.6 Å². The van der Waals surface area contributed by atoms with Gasteiger partial charge in [-0.1, -0.05) is 25.0 Å². The first kappa shape index (κ1) is 24.5. The molecule has 0 aromatic rings. The monoisotopic (exact) mass is 477 g/mol. The third-order valence-corrected chi connectivity index (χ3v) is 7.51. The number of rotatable bonds is 3. The van der Waals surface area contributed by atoms with Crippen LogP contribution in [0.4, 0.5) is 4.79 Å². The molecule has 3 fully saturated rings. The molecule has 2 saturated carbocycles. The molecule has 2 aliphatic heterocycles. The number of fused-ring (bicyclic) bond motifs is 2. The van der Waals surface area contributed by atoms with Crippen LogP contribution in [0.5, 0.6) is 0 Å². The molecule has 0 aromatic heterocycles. The number of nitrogens with one attached hydrogen (secondary N) is 2. The molecular formula is C24H35N3O7. The summed E-state index contributed by atoms with van der Waals surface area (Å²) < 4.78 is 5.48. The second-order valence-corrected chi connectivity index (χ2v) is 10.0. The Bertz CT molecular complexity index is 840. The summed E-state index contributed by atoms with van der Waals surface area (Å²) in [7, 11) is 0. The molecule has 5 atom stereocenters. The molecule has 3 amide bonds. The van der Waals surface area contributed by atoms with Gasteiger partial charge >= 0.3 is 12.1 Å². The smallest absolute Gasteiger partial charge is 0.408 e. The summed E-state index contributed by atoms with van der Waals surface area (Å²) in [4.78, 5) is 52.3. The van der Waals surface area contributed by atoms with Gasteiger partial charge < -0.3 is 30.5 Å². The Hall–Kier alpha value is -2.62. The SMILES string of the molecule is O=C(N[C@H]1CCCCC/C=C\[C@H]2C[C@@]2(C(=O)O)NC(=O)[C@@H]2C[C@@H](O)CN2C1=O)OC1CCCC1. The molecule has 2 heterocycles. The van der Waals surface area contributed by atoms with E-state index in [0.717, 1.165) is 44.9 Å². The molecule has 188 valence electrons. The Morgan fingerprint density at radius 3 is 2.59 bits per heavy atom. The lowest BCUT2D eigenvalue weighted by Gasteiger charge is -2.29. The second kappa shape index (κ2) is 10.3. The van der Waals surface area contributed by atoms with Crippen molar-refractivity contribution in [2.45, 2.75) is 100 Å². The highest BCUT2D eigenvalue weighted by atomic mass is 16.6. The highest BCUT2D eigenvalue weighted by molar-refractivity contribution is 5.96. The fourth-order valence-corrected chi connectivity index (χ4v) is 5.41. The zero-order valence-electron chi connectivity index (χ0n) is 19.4. The molecule has 0 bridgehead atoms. The number of aliphatic hydroxyl groups excluding tert-OH is 1. The van der Waals surface area contributed by atoms with Crippen LogP contribution in [0.25, 0.3) is 0 Å². The van der Waals surface area contributed by atoms with Crippen molar-refractivity contribution in [3.05, 3.63) is 12.2 Å². The molecule has 4 aliphatic rings. The van der Waals surface area contributed by atoms with Crippen LogP contribution in [0, 0.1) is 5.92 Å². The topological polar surface area (TPSA) is 145 Å². The van der Waals surface area contributed by atoms with Gasteiger partial charge in [-0.2, -0.15) is 0 Å². The number of hydrogen-bond donors (Lipinski definition) is 4. The number of ether oxygens (including phenoxy) is 1. The molecule has 0 aromatic carbocycles. The number of allylic oxidation sites excluding steroid dienone is 1. The lowest BCUT2D eigenvalue weighted by atomic mass is 10.0. The van der Waals surface area contributed by atoms with E-state index in [9.17, 15) is 29.4 Å².